The lowest BCUT2D eigenvalue weighted by atomic mass is 10.1. The molecule has 1 aromatic heterocycles. The molecule has 6 heteroatoms. The highest BCUT2D eigenvalue weighted by atomic mass is 35.5. The fourth-order valence-corrected chi connectivity index (χ4v) is 3.09. The number of para-hydroxylation sites is 1. The van der Waals surface area contributed by atoms with Gasteiger partial charge in [0.05, 0.1) is 10.7 Å². The molecule has 24 heavy (non-hydrogen) atoms. The standard InChI is InChI=1S/C18H21ClN4O/c19-14-9-5-6-10-15(14)22-17(24)16-11-12-20-18(23-16)21-13-7-3-1-2-4-8-13/h5-6,9-13H,1-4,7-8H2,(H,22,24)(H,20,21,23). The first-order valence-electron chi connectivity index (χ1n) is 8.38. The Morgan fingerprint density at radius 3 is 2.58 bits per heavy atom. The third-order valence-electron chi connectivity index (χ3n) is 4.20. The smallest absolute Gasteiger partial charge is 0.274 e. The molecule has 1 fully saturated rings. The first kappa shape index (κ1) is 16.7. The lowest BCUT2D eigenvalue weighted by molar-refractivity contribution is 0.102. The predicted octanol–water partition coefficient (Wildman–Crippen LogP) is 4.52. The summed E-state index contributed by atoms with van der Waals surface area (Å²) in [6.07, 6.45) is 8.89. The maximum absolute atomic E-state index is 12.4. The number of hydrogen-bond donors (Lipinski definition) is 2. The van der Waals surface area contributed by atoms with Gasteiger partial charge in [-0.1, -0.05) is 49.4 Å². The normalized spacial score (nSPS) is 15.5. The van der Waals surface area contributed by atoms with Gasteiger partial charge >= 0.3 is 0 Å². The number of nitrogens with one attached hydrogen (secondary N) is 2. The van der Waals surface area contributed by atoms with Gasteiger partial charge in [-0.25, -0.2) is 9.97 Å². The number of anilines is 2. The van der Waals surface area contributed by atoms with Crippen LogP contribution in [0, 0.1) is 0 Å². The van der Waals surface area contributed by atoms with E-state index in [1.807, 2.05) is 12.1 Å². The molecule has 1 saturated carbocycles. The minimum Gasteiger partial charge on any atom is -0.351 e. The van der Waals surface area contributed by atoms with E-state index in [0.29, 0.717) is 28.4 Å². The number of carbonyl (C=O) groups excluding carboxylic acids is 1. The van der Waals surface area contributed by atoms with Gasteiger partial charge in [0.25, 0.3) is 5.91 Å². The van der Waals surface area contributed by atoms with Crippen LogP contribution in [-0.2, 0) is 0 Å². The quantitative estimate of drug-likeness (QED) is 0.800. The third kappa shape index (κ3) is 4.45. The monoisotopic (exact) mass is 344 g/mol. The second-order valence-electron chi connectivity index (χ2n) is 6.03. The van der Waals surface area contributed by atoms with Crippen LogP contribution in [0.25, 0.3) is 0 Å². The van der Waals surface area contributed by atoms with E-state index in [4.69, 9.17) is 11.6 Å². The van der Waals surface area contributed by atoms with Crippen LogP contribution in [0.3, 0.4) is 0 Å². The highest BCUT2D eigenvalue weighted by Crippen LogP contribution is 2.22. The molecule has 1 aliphatic carbocycles. The van der Waals surface area contributed by atoms with Crippen molar-refractivity contribution in [2.24, 2.45) is 0 Å². The Morgan fingerprint density at radius 1 is 1.08 bits per heavy atom. The van der Waals surface area contributed by atoms with Crippen LogP contribution < -0.4 is 10.6 Å². The van der Waals surface area contributed by atoms with Crippen molar-refractivity contribution in [2.45, 2.75) is 44.6 Å². The summed E-state index contributed by atoms with van der Waals surface area (Å²) in [4.78, 5) is 21.0. The van der Waals surface area contributed by atoms with Crippen LogP contribution in [0.5, 0.6) is 0 Å². The Morgan fingerprint density at radius 2 is 1.83 bits per heavy atom. The largest absolute Gasteiger partial charge is 0.351 e. The summed E-state index contributed by atoms with van der Waals surface area (Å²) < 4.78 is 0. The van der Waals surface area contributed by atoms with E-state index < -0.39 is 0 Å². The molecule has 0 atom stereocenters. The van der Waals surface area contributed by atoms with Crippen LogP contribution in [0.2, 0.25) is 5.02 Å². The second-order valence-corrected chi connectivity index (χ2v) is 6.44. The van der Waals surface area contributed by atoms with Crippen LogP contribution >= 0.6 is 11.6 Å². The molecular weight excluding hydrogens is 324 g/mol. The summed E-state index contributed by atoms with van der Waals surface area (Å²) in [5.41, 5.74) is 0.891. The second kappa shape index (κ2) is 8.11. The van der Waals surface area contributed by atoms with E-state index in [1.54, 1.807) is 24.4 Å². The number of rotatable bonds is 4. The van der Waals surface area contributed by atoms with Crippen LogP contribution in [0.15, 0.2) is 36.5 Å². The zero-order valence-corrected chi connectivity index (χ0v) is 14.2. The van der Waals surface area contributed by atoms with Gasteiger partial charge in [-0.2, -0.15) is 0 Å². The van der Waals surface area contributed by atoms with Crippen molar-refractivity contribution in [2.75, 3.05) is 10.6 Å². The molecule has 0 radical (unpaired) electrons. The van der Waals surface area contributed by atoms with Crippen molar-refractivity contribution in [1.29, 1.82) is 0 Å². The minimum absolute atomic E-state index is 0.297. The fraction of sp³-hybridized carbons (Fsp3) is 0.389. The molecular formula is C18H21ClN4O. The van der Waals surface area contributed by atoms with Crippen molar-refractivity contribution in [3.63, 3.8) is 0 Å². The van der Waals surface area contributed by atoms with E-state index in [-0.39, 0.29) is 5.91 Å². The Kier molecular flexibility index (Phi) is 5.64. The van der Waals surface area contributed by atoms with E-state index in [9.17, 15) is 4.79 Å². The molecule has 0 unspecified atom stereocenters. The SMILES string of the molecule is O=C(Nc1ccccc1Cl)c1ccnc(NC2CCCCCC2)n1. The van der Waals surface area contributed by atoms with Gasteiger partial charge < -0.3 is 10.6 Å². The van der Waals surface area contributed by atoms with Crippen LogP contribution in [0.4, 0.5) is 11.6 Å². The molecule has 1 aliphatic rings. The van der Waals surface area contributed by atoms with E-state index in [2.05, 4.69) is 20.6 Å². The number of carbonyl (C=O) groups is 1. The maximum atomic E-state index is 12.4. The van der Waals surface area contributed by atoms with E-state index in [0.717, 1.165) is 12.8 Å². The first-order valence-corrected chi connectivity index (χ1v) is 8.75. The number of halogens is 1. The third-order valence-corrected chi connectivity index (χ3v) is 4.53. The van der Waals surface area contributed by atoms with Crippen molar-refractivity contribution in [1.82, 2.24) is 9.97 Å². The number of aromatic nitrogens is 2. The molecule has 3 rings (SSSR count). The summed E-state index contributed by atoms with van der Waals surface area (Å²) in [6.45, 7) is 0. The summed E-state index contributed by atoms with van der Waals surface area (Å²) in [7, 11) is 0. The Balaban J connectivity index is 1.68. The lowest BCUT2D eigenvalue weighted by Crippen LogP contribution is -2.21. The molecule has 1 heterocycles. The molecule has 1 amide bonds. The molecule has 5 nitrogen and oxygen atoms in total. The maximum Gasteiger partial charge on any atom is 0.274 e. The number of amides is 1. The molecule has 2 aromatic rings. The van der Waals surface area contributed by atoms with Gasteiger partial charge in [-0.15, -0.1) is 0 Å². The van der Waals surface area contributed by atoms with E-state index in [1.165, 1.54) is 25.7 Å². The van der Waals surface area contributed by atoms with Crippen molar-refractivity contribution in [3.05, 3.63) is 47.2 Å². The van der Waals surface area contributed by atoms with Gasteiger partial charge in [0.15, 0.2) is 0 Å². The molecule has 0 saturated heterocycles. The molecule has 0 bridgehead atoms. The van der Waals surface area contributed by atoms with Gasteiger partial charge in [-0.05, 0) is 31.0 Å². The first-order chi connectivity index (χ1) is 11.7. The van der Waals surface area contributed by atoms with Crippen LogP contribution in [0.1, 0.15) is 49.0 Å². The van der Waals surface area contributed by atoms with Gasteiger partial charge in [0, 0.05) is 12.2 Å². The van der Waals surface area contributed by atoms with Crippen molar-refractivity contribution >= 4 is 29.1 Å². The van der Waals surface area contributed by atoms with Gasteiger partial charge in [0.1, 0.15) is 5.69 Å². The Labute approximate surface area is 146 Å². The summed E-state index contributed by atoms with van der Waals surface area (Å²) >= 11 is 6.07. The highest BCUT2D eigenvalue weighted by Gasteiger charge is 2.15. The van der Waals surface area contributed by atoms with Gasteiger partial charge in [-0.3, -0.25) is 4.79 Å². The topological polar surface area (TPSA) is 66.9 Å². The predicted molar refractivity (Wildman–Crippen MR) is 96.5 cm³/mol. The zero-order chi connectivity index (χ0) is 16.8. The minimum atomic E-state index is -0.297. The summed E-state index contributed by atoms with van der Waals surface area (Å²) in [5.74, 6) is 0.211. The molecule has 0 spiro atoms. The Hall–Kier alpha value is -2.14. The van der Waals surface area contributed by atoms with E-state index >= 15 is 0 Å². The van der Waals surface area contributed by atoms with Crippen LogP contribution in [-0.4, -0.2) is 21.9 Å². The summed E-state index contributed by atoms with van der Waals surface area (Å²) in [5, 5.41) is 6.64. The number of benzene rings is 1. The van der Waals surface area contributed by atoms with Crippen molar-refractivity contribution in [3.8, 4) is 0 Å². The highest BCUT2D eigenvalue weighted by molar-refractivity contribution is 6.33. The molecule has 2 N–H and O–H groups in total. The zero-order valence-electron chi connectivity index (χ0n) is 13.5. The Bertz CT molecular complexity index is 699. The fourth-order valence-electron chi connectivity index (χ4n) is 2.91. The average Bonchev–Trinajstić information content (AvgIpc) is 2.86. The molecule has 126 valence electrons. The van der Waals surface area contributed by atoms with Gasteiger partial charge in [0.2, 0.25) is 5.95 Å². The average molecular weight is 345 g/mol. The molecule has 1 aromatic carbocycles. The summed E-state index contributed by atoms with van der Waals surface area (Å²) in [6, 6.07) is 9.11. The van der Waals surface area contributed by atoms with Crippen molar-refractivity contribution < 1.29 is 4.79 Å². The molecule has 0 aliphatic heterocycles. The lowest BCUT2D eigenvalue weighted by Gasteiger charge is -2.16. The number of nitrogens with zero attached hydrogens (tertiary/aromatic N) is 2. The number of hydrogen-bond acceptors (Lipinski definition) is 4.